The van der Waals surface area contributed by atoms with Crippen LogP contribution >= 0.6 is 11.3 Å². The van der Waals surface area contributed by atoms with Crippen molar-refractivity contribution in [3.05, 3.63) is 48.0 Å². The van der Waals surface area contributed by atoms with Crippen LogP contribution in [0, 0.1) is 5.92 Å². The number of ether oxygens (including phenoxy) is 2. The van der Waals surface area contributed by atoms with Crippen molar-refractivity contribution in [2.45, 2.75) is 25.7 Å². The fraction of sp³-hybridized carbons (Fsp3) is 0.364. The number of rotatable bonds is 6. The molecular formula is C22H22F3N3O3S. The number of thiazole rings is 1. The third-order valence-electron chi connectivity index (χ3n) is 5.30. The molecule has 2 heterocycles. The molecule has 1 fully saturated rings. The predicted octanol–water partition coefficient (Wildman–Crippen LogP) is 4.74. The number of hydrogen-bond donors (Lipinski definition) is 1. The molecule has 1 unspecified atom stereocenters. The van der Waals surface area contributed by atoms with E-state index >= 15 is 0 Å². The number of carbonyl (C=O) groups excluding carboxylic acids is 1. The first-order valence-electron chi connectivity index (χ1n) is 10.1. The molecule has 0 radical (unpaired) electrons. The van der Waals surface area contributed by atoms with Gasteiger partial charge in [0.1, 0.15) is 11.5 Å². The average Bonchev–Trinajstić information content (AvgIpc) is 3.20. The number of nitrogens with one attached hydrogen (secondary N) is 1. The van der Waals surface area contributed by atoms with Gasteiger partial charge in [-0.1, -0.05) is 29.5 Å². The van der Waals surface area contributed by atoms with Crippen molar-refractivity contribution in [2.75, 3.05) is 25.1 Å². The molecule has 4 rings (SSSR count). The maximum atomic E-state index is 12.8. The summed E-state index contributed by atoms with van der Waals surface area (Å²) in [5.74, 6) is -0.0193. The van der Waals surface area contributed by atoms with Gasteiger partial charge >= 0.3 is 6.36 Å². The number of hydrogen-bond acceptors (Lipinski definition) is 6. The molecule has 1 aromatic heterocycles. The Balaban J connectivity index is 1.40. The Morgan fingerprint density at radius 2 is 2.09 bits per heavy atom. The van der Waals surface area contributed by atoms with Gasteiger partial charge in [0.2, 0.25) is 5.91 Å². The van der Waals surface area contributed by atoms with Crippen molar-refractivity contribution in [2.24, 2.45) is 5.92 Å². The molecule has 170 valence electrons. The minimum atomic E-state index is -4.79. The standard InChI is InChI=1S/C22H22F3N3O3S/c1-30-16-8-9-17-19(11-16)32-21(27-17)28-10-4-6-15(13-28)20(29)26-12-14-5-2-3-7-18(14)31-22(23,24)25/h2-3,5,7-9,11,15H,4,6,10,12-13H2,1H3,(H,26,29). The number of carbonyl (C=O) groups is 1. The molecule has 1 atom stereocenters. The summed E-state index contributed by atoms with van der Waals surface area (Å²) in [7, 11) is 1.62. The number of methoxy groups -OCH3 is 1. The largest absolute Gasteiger partial charge is 0.573 e. The molecule has 10 heteroatoms. The van der Waals surface area contributed by atoms with Gasteiger partial charge in [-0.3, -0.25) is 4.79 Å². The highest BCUT2D eigenvalue weighted by atomic mass is 32.1. The highest BCUT2D eigenvalue weighted by molar-refractivity contribution is 7.22. The third-order valence-corrected chi connectivity index (χ3v) is 6.38. The van der Waals surface area contributed by atoms with Crippen molar-refractivity contribution >= 4 is 32.6 Å². The lowest BCUT2D eigenvalue weighted by atomic mass is 9.97. The van der Waals surface area contributed by atoms with E-state index in [1.807, 2.05) is 18.2 Å². The predicted molar refractivity (Wildman–Crippen MR) is 116 cm³/mol. The summed E-state index contributed by atoms with van der Waals surface area (Å²) < 4.78 is 48.1. The summed E-state index contributed by atoms with van der Waals surface area (Å²) in [5.41, 5.74) is 1.14. The number of amides is 1. The first-order chi connectivity index (χ1) is 15.3. The Morgan fingerprint density at radius 1 is 1.28 bits per heavy atom. The molecule has 1 saturated heterocycles. The molecule has 1 aliphatic rings. The van der Waals surface area contributed by atoms with Crippen molar-refractivity contribution in [1.29, 1.82) is 0 Å². The van der Waals surface area contributed by atoms with E-state index in [0.29, 0.717) is 13.0 Å². The topological polar surface area (TPSA) is 63.7 Å². The van der Waals surface area contributed by atoms with Crippen molar-refractivity contribution in [3.8, 4) is 11.5 Å². The molecule has 6 nitrogen and oxygen atoms in total. The molecule has 0 saturated carbocycles. The number of para-hydroxylation sites is 1. The Hall–Kier alpha value is -3.01. The summed E-state index contributed by atoms with van der Waals surface area (Å²) in [6.07, 6.45) is -3.25. The lowest BCUT2D eigenvalue weighted by Crippen LogP contribution is -2.43. The van der Waals surface area contributed by atoms with Crippen LogP contribution in [0.1, 0.15) is 18.4 Å². The van der Waals surface area contributed by atoms with E-state index in [1.165, 1.54) is 18.2 Å². The second-order valence-electron chi connectivity index (χ2n) is 7.49. The maximum absolute atomic E-state index is 12.8. The Bertz CT molecular complexity index is 1100. The fourth-order valence-corrected chi connectivity index (χ4v) is 4.75. The van der Waals surface area contributed by atoms with Crippen LogP contribution in [0.3, 0.4) is 0 Å². The maximum Gasteiger partial charge on any atom is 0.573 e. The second-order valence-corrected chi connectivity index (χ2v) is 8.50. The molecule has 1 N–H and O–H groups in total. The number of anilines is 1. The van der Waals surface area contributed by atoms with Crippen LogP contribution in [0.5, 0.6) is 11.5 Å². The van der Waals surface area contributed by atoms with E-state index in [4.69, 9.17) is 4.74 Å². The number of aromatic nitrogens is 1. The van der Waals surface area contributed by atoms with Crippen LogP contribution in [-0.2, 0) is 11.3 Å². The molecule has 32 heavy (non-hydrogen) atoms. The minimum absolute atomic E-state index is 0.0392. The van der Waals surface area contributed by atoms with E-state index in [2.05, 4.69) is 19.9 Å². The van der Waals surface area contributed by atoms with Gasteiger partial charge in [-0.05, 0) is 37.1 Å². The van der Waals surface area contributed by atoms with E-state index < -0.39 is 6.36 Å². The first-order valence-corrected chi connectivity index (χ1v) is 10.9. The summed E-state index contributed by atoms with van der Waals surface area (Å²) in [6, 6.07) is 11.5. The number of piperidine rings is 1. The summed E-state index contributed by atoms with van der Waals surface area (Å²) >= 11 is 1.54. The SMILES string of the molecule is COc1ccc2nc(N3CCCC(C(=O)NCc4ccccc4OC(F)(F)F)C3)sc2c1. The Morgan fingerprint density at radius 3 is 2.88 bits per heavy atom. The van der Waals surface area contributed by atoms with Crippen LogP contribution in [-0.4, -0.2) is 37.5 Å². The number of nitrogens with zero attached hydrogens (tertiary/aromatic N) is 2. The van der Waals surface area contributed by atoms with Gasteiger partial charge in [-0.2, -0.15) is 0 Å². The molecule has 2 aromatic carbocycles. The molecular weight excluding hydrogens is 443 g/mol. The molecule has 0 aliphatic carbocycles. The summed E-state index contributed by atoms with van der Waals surface area (Å²) in [5, 5.41) is 3.60. The summed E-state index contributed by atoms with van der Waals surface area (Å²) in [4.78, 5) is 19.5. The van der Waals surface area contributed by atoms with E-state index in [0.717, 1.165) is 34.1 Å². The first kappa shape index (κ1) is 22.2. The van der Waals surface area contributed by atoms with Crippen molar-refractivity contribution in [3.63, 3.8) is 0 Å². The van der Waals surface area contributed by atoms with Crippen molar-refractivity contribution < 1.29 is 27.4 Å². The van der Waals surface area contributed by atoms with E-state index in [9.17, 15) is 18.0 Å². The molecule has 3 aromatic rings. The average molecular weight is 465 g/mol. The second kappa shape index (κ2) is 9.23. The van der Waals surface area contributed by atoms with Crippen LogP contribution in [0.25, 0.3) is 10.2 Å². The lowest BCUT2D eigenvalue weighted by molar-refractivity contribution is -0.274. The van der Waals surface area contributed by atoms with Gasteiger partial charge in [-0.25, -0.2) is 4.98 Å². The smallest absolute Gasteiger partial charge is 0.497 e. The zero-order valence-corrected chi connectivity index (χ0v) is 18.1. The lowest BCUT2D eigenvalue weighted by Gasteiger charge is -2.31. The normalized spacial score (nSPS) is 16.8. The molecule has 1 aliphatic heterocycles. The molecule has 0 spiro atoms. The van der Waals surface area contributed by atoms with Crippen LogP contribution in [0.15, 0.2) is 42.5 Å². The number of halogens is 3. The van der Waals surface area contributed by atoms with Gasteiger partial charge in [0.05, 0.1) is 23.2 Å². The minimum Gasteiger partial charge on any atom is -0.497 e. The molecule has 0 bridgehead atoms. The quantitative estimate of drug-likeness (QED) is 0.570. The molecule has 1 amide bonds. The third kappa shape index (κ3) is 5.24. The van der Waals surface area contributed by atoms with Gasteiger partial charge in [0.15, 0.2) is 5.13 Å². The number of benzene rings is 2. The van der Waals surface area contributed by atoms with E-state index in [1.54, 1.807) is 24.5 Å². The van der Waals surface area contributed by atoms with Gasteiger partial charge < -0.3 is 19.7 Å². The van der Waals surface area contributed by atoms with Crippen LogP contribution < -0.4 is 19.7 Å². The zero-order valence-electron chi connectivity index (χ0n) is 17.3. The van der Waals surface area contributed by atoms with Gasteiger partial charge in [0.25, 0.3) is 0 Å². The zero-order chi connectivity index (χ0) is 22.7. The Kier molecular flexibility index (Phi) is 6.40. The Labute approximate surface area is 187 Å². The van der Waals surface area contributed by atoms with E-state index in [-0.39, 0.29) is 29.7 Å². The van der Waals surface area contributed by atoms with Crippen LogP contribution in [0.2, 0.25) is 0 Å². The number of fused-ring (bicyclic) bond motifs is 1. The highest BCUT2D eigenvalue weighted by Gasteiger charge is 2.32. The highest BCUT2D eigenvalue weighted by Crippen LogP contribution is 2.33. The van der Waals surface area contributed by atoms with Gasteiger partial charge in [0, 0.05) is 25.2 Å². The van der Waals surface area contributed by atoms with Crippen LogP contribution in [0.4, 0.5) is 18.3 Å². The number of alkyl halides is 3. The summed E-state index contributed by atoms with van der Waals surface area (Å²) in [6.45, 7) is 1.26. The van der Waals surface area contributed by atoms with Gasteiger partial charge in [-0.15, -0.1) is 13.2 Å². The fourth-order valence-electron chi connectivity index (χ4n) is 3.72. The monoisotopic (exact) mass is 465 g/mol. The van der Waals surface area contributed by atoms with Crippen molar-refractivity contribution in [1.82, 2.24) is 10.3 Å².